The van der Waals surface area contributed by atoms with E-state index >= 15 is 0 Å². The first kappa shape index (κ1) is 16.3. The van der Waals surface area contributed by atoms with E-state index in [1.807, 2.05) is 17.8 Å². The molecular formula is C11H17F3N4O2. The Kier molecular flexibility index (Phi) is 4.98. The van der Waals surface area contributed by atoms with Gasteiger partial charge in [0.25, 0.3) is 0 Å². The van der Waals surface area contributed by atoms with Gasteiger partial charge >= 0.3 is 12.1 Å². The first-order valence-electron chi connectivity index (χ1n) is 5.95. The molecular weight excluding hydrogens is 277 g/mol. The molecule has 1 saturated carbocycles. The Hall–Kier alpha value is -1.77. The SMILES string of the molecule is Cn1cc([C@H]2CC[C@@H](N)C2)nc1N.O=C(O)C(F)(F)F. The zero-order chi connectivity index (χ0) is 15.5. The van der Waals surface area contributed by atoms with E-state index in [0.717, 1.165) is 25.0 Å². The molecule has 1 aromatic rings. The number of alkyl halides is 3. The molecule has 0 saturated heterocycles. The van der Waals surface area contributed by atoms with Gasteiger partial charge in [-0.1, -0.05) is 0 Å². The summed E-state index contributed by atoms with van der Waals surface area (Å²) in [6, 6.07) is 0.355. The Morgan fingerprint density at radius 2 is 2.05 bits per heavy atom. The second-order valence-corrected chi connectivity index (χ2v) is 4.71. The molecule has 0 spiro atoms. The van der Waals surface area contributed by atoms with Crippen molar-refractivity contribution in [2.75, 3.05) is 5.73 Å². The molecule has 0 aliphatic heterocycles. The predicted octanol–water partition coefficient (Wildman–Crippen LogP) is 1.23. The van der Waals surface area contributed by atoms with Crippen molar-refractivity contribution in [3.63, 3.8) is 0 Å². The van der Waals surface area contributed by atoms with Gasteiger partial charge in [0.1, 0.15) is 0 Å². The van der Waals surface area contributed by atoms with Crippen LogP contribution in [0.15, 0.2) is 6.20 Å². The minimum atomic E-state index is -5.08. The van der Waals surface area contributed by atoms with E-state index in [0.29, 0.717) is 17.9 Å². The van der Waals surface area contributed by atoms with Crippen LogP contribution >= 0.6 is 0 Å². The summed E-state index contributed by atoms with van der Waals surface area (Å²) in [5.41, 5.74) is 12.6. The van der Waals surface area contributed by atoms with E-state index in [4.69, 9.17) is 21.4 Å². The van der Waals surface area contributed by atoms with Gasteiger partial charge in [-0.25, -0.2) is 9.78 Å². The van der Waals surface area contributed by atoms with E-state index in [9.17, 15) is 13.2 Å². The summed E-state index contributed by atoms with van der Waals surface area (Å²) in [5, 5.41) is 7.12. The van der Waals surface area contributed by atoms with Gasteiger partial charge in [0.15, 0.2) is 5.95 Å². The highest BCUT2D eigenvalue weighted by Crippen LogP contribution is 2.32. The number of carbonyl (C=O) groups is 1. The smallest absolute Gasteiger partial charge is 0.475 e. The number of imidazole rings is 1. The van der Waals surface area contributed by atoms with E-state index in [1.54, 1.807) is 0 Å². The molecule has 114 valence electrons. The molecule has 5 N–H and O–H groups in total. The van der Waals surface area contributed by atoms with Crippen molar-refractivity contribution < 1.29 is 23.1 Å². The van der Waals surface area contributed by atoms with Gasteiger partial charge in [-0.05, 0) is 19.3 Å². The summed E-state index contributed by atoms with van der Waals surface area (Å²) in [5.74, 6) is -1.64. The normalized spacial score (nSPS) is 22.2. The Morgan fingerprint density at radius 3 is 2.35 bits per heavy atom. The molecule has 0 unspecified atom stereocenters. The highest BCUT2D eigenvalue weighted by atomic mass is 19.4. The van der Waals surface area contributed by atoms with Crippen LogP contribution in [0.25, 0.3) is 0 Å². The first-order chi connectivity index (χ1) is 9.11. The fraction of sp³-hybridized carbons (Fsp3) is 0.636. The number of halogens is 3. The van der Waals surface area contributed by atoms with Crippen LogP contribution < -0.4 is 11.5 Å². The lowest BCUT2D eigenvalue weighted by Crippen LogP contribution is -2.21. The highest BCUT2D eigenvalue weighted by Gasteiger charge is 2.38. The lowest BCUT2D eigenvalue weighted by molar-refractivity contribution is -0.192. The van der Waals surface area contributed by atoms with Crippen LogP contribution in [0.5, 0.6) is 0 Å². The number of rotatable bonds is 1. The minimum Gasteiger partial charge on any atom is -0.475 e. The van der Waals surface area contributed by atoms with Crippen LogP contribution in [0.2, 0.25) is 0 Å². The average Bonchev–Trinajstić information content (AvgIpc) is 2.86. The van der Waals surface area contributed by atoms with Crippen LogP contribution in [0.1, 0.15) is 30.9 Å². The number of aromatic nitrogens is 2. The summed E-state index contributed by atoms with van der Waals surface area (Å²) < 4.78 is 33.6. The largest absolute Gasteiger partial charge is 0.490 e. The van der Waals surface area contributed by atoms with Gasteiger partial charge in [-0.3, -0.25) is 0 Å². The van der Waals surface area contributed by atoms with Gasteiger partial charge < -0.3 is 21.1 Å². The van der Waals surface area contributed by atoms with Crippen LogP contribution in [0, 0.1) is 0 Å². The van der Waals surface area contributed by atoms with Crippen LogP contribution in [-0.2, 0) is 11.8 Å². The topological polar surface area (TPSA) is 107 Å². The summed E-state index contributed by atoms with van der Waals surface area (Å²) >= 11 is 0. The van der Waals surface area contributed by atoms with E-state index in [-0.39, 0.29) is 0 Å². The van der Waals surface area contributed by atoms with Crippen molar-refractivity contribution >= 4 is 11.9 Å². The molecule has 0 bridgehead atoms. The highest BCUT2D eigenvalue weighted by molar-refractivity contribution is 5.73. The molecule has 1 aliphatic carbocycles. The summed E-state index contributed by atoms with van der Waals surface area (Å²) in [6.07, 6.45) is 0.243. The standard InChI is InChI=1S/C9H16N4.C2HF3O2/c1-13-5-8(12-9(13)11)6-2-3-7(10)4-6;3-2(4,5)1(6)7/h5-7H,2-4,10H2,1H3,(H2,11,12);(H,6,7)/t6-,7+;/m0./s1. The molecule has 1 heterocycles. The number of aliphatic carboxylic acids is 1. The number of nitrogen functional groups attached to an aromatic ring is 1. The van der Waals surface area contributed by atoms with Crippen molar-refractivity contribution in [2.45, 2.75) is 37.4 Å². The molecule has 0 radical (unpaired) electrons. The number of nitrogens with two attached hydrogens (primary N) is 2. The van der Waals surface area contributed by atoms with E-state index in [2.05, 4.69) is 4.98 Å². The summed E-state index contributed by atoms with van der Waals surface area (Å²) in [4.78, 5) is 13.2. The van der Waals surface area contributed by atoms with Gasteiger partial charge in [0.2, 0.25) is 0 Å². The zero-order valence-electron chi connectivity index (χ0n) is 10.9. The third-order valence-electron chi connectivity index (χ3n) is 3.06. The van der Waals surface area contributed by atoms with Gasteiger partial charge in [0.05, 0.1) is 5.69 Å². The van der Waals surface area contributed by atoms with Crippen molar-refractivity contribution in [3.8, 4) is 0 Å². The quantitative estimate of drug-likeness (QED) is 0.722. The zero-order valence-corrected chi connectivity index (χ0v) is 10.9. The maximum Gasteiger partial charge on any atom is 0.490 e. The third-order valence-corrected chi connectivity index (χ3v) is 3.06. The summed E-state index contributed by atoms with van der Waals surface area (Å²) in [6.45, 7) is 0. The molecule has 20 heavy (non-hydrogen) atoms. The van der Waals surface area contributed by atoms with Gasteiger partial charge in [0, 0.05) is 25.2 Å². The Morgan fingerprint density at radius 1 is 1.50 bits per heavy atom. The maximum absolute atomic E-state index is 10.6. The van der Waals surface area contributed by atoms with E-state index in [1.165, 1.54) is 0 Å². The molecule has 0 amide bonds. The second kappa shape index (κ2) is 6.12. The summed E-state index contributed by atoms with van der Waals surface area (Å²) in [7, 11) is 1.92. The molecule has 1 aromatic heterocycles. The number of anilines is 1. The van der Waals surface area contributed by atoms with Gasteiger partial charge in [-0.2, -0.15) is 13.2 Å². The lowest BCUT2D eigenvalue weighted by Gasteiger charge is -2.03. The fourth-order valence-corrected chi connectivity index (χ4v) is 1.99. The third kappa shape index (κ3) is 4.41. The number of hydrogen-bond acceptors (Lipinski definition) is 4. The predicted molar refractivity (Wildman–Crippen MR) is 65.9 cm³/mol. The second-order valence-electron chi connectivity index (χ2n) is 4.71. The molecule has 2 atom stereocenters. The Balaban J connectivity index is 0.000000246. The minimum absolute atomic E-state index is 0.355. The van der Waals surface area contributed by atoms with Crippen molar-refractivity contribution in [1.82, 2.24) is 9.55 Å². The van der Waals surface area contributed by atoms with E-state index < -0.39 is 12.1 Å². The van der Waals surface area contributed by atoms with Crippen molar-refractivity contribution in [2.24, 2.45) is 12.8 Å². The van der Waals surface area contributed by atoms with Crippen LogP contribution in [-0.4, -0.2) is 32.8 Å². The fourth-order valence-electron chi connectivity index (χ4n) is 1.99. The number of aryl methyl sites for hydroxylation is 1. The first-order valence-corrected chi connectivity index (χ1v) is 5.95. The maximum atomic E-state index is 10.6. The average molecular weight is 294 g/mol. The Labute approximate surface area is 113 Å². The molecule has 0 aromatic carbocycles. The number of carboxylic acids is 1. The van der Waals surface area contributed by atoms with Crippen molar-refractivity contribution in [3.05, 3.63) is 11.9 Å². The number of carboxylic acid groups (broad SMARTS) is 1. The van der Waals surface area contributed by atoms with Crippen molar-refractivity contribution in [1.29, 1.82) is 0 Å². The molecule has 1 fully saturated rings. The number of nitrogens with zero attached hydrogens (tertiary/aromatic N) is 2. The van der Waals surface area contributed by atoms with Crippen LogP contribution in [0.3, 0.4) is 0 Å². The molecule has 6 nitrogen and oxygen atoms in total. The van der Waals surface area contributed by atoms with Gasteiger partial charge in [-0.15, -0.1) is 0 Å². The Bertz CT molecular complexity index is 453. The molecule has 9 heteroatoms. The molecule has 1 aliphatic rings. The number of hydrogen-bond donors (Lipinski definition) is 3. The monoisotopic (exact) mass is 294 g/mol. The molecule has 2 rings (SSSR count). The van der Waals surface area contributed by atoms with Crippen LogP contribution in [0.4, 0.5) is 19.1 Å². The lowest BCUT2D eigenvalue weighted by atomic mass is 10.1.